The Balaban J connectivity index is 2.29. The Labute approximate surface area is 78.0 Å². The van der Waals surface area contributed by atoms with E-state index in [-0.39, 0.29) is 0 Å². The van der Waals surface area contributed by atoms with Gasteiger partial charge in [0.15, 0.2) is 0 Å². The van der Waals surface area contributed by atoms with Crippen LogP contribution in [-0.4, -0.2) is 0 Å². The van der Waals surface area contributed by atoms with E-state index in [9.17, 15) is 0 Å². The quantitative estimate of drug-likeness (QED) is 0.621. The second-order valence-corrected chi connectivity index (χ2v) is 3.40. The minimum atomic E-state index is 0.471. The summed E-state index contributed by atoms with van der Waals surface area (Å²) in [5.41, 5.74) is 1.33. The van der Waals surface area contributed by atoms with Crippen molar-refractivity contribution < 1.29 is 0 Å². The van der Waals surface area contributed by atoms with Crippen LogP contribution in [0.1, 0.15) is 11.5 Å². The molecule has 1 aromatic carbocycles. The highest BCUT2D eigenvalue weighted by Crippen LogP contribution is 2.23. The van der Waals surface area contributed by atoms with Gasteiger partial charge in [0.1, 0.15) is 0 Å². The number of hydrogen-bond acceptors (Lipinski definition) is 1. The van der Waals surface area contributed by atoms with Crippen LogP contribution in [0.15, 0.2) is 53.5 Å². The van der Waals surface area contributed by atoms with Crippen LogP contribution in [-0.2, 0) is 0 Å². The average molecular weight is 174 g/mol. The lowest BCUT2D eigenvalue weighted by Crippen LogP contribution is -1.87. The molecule has 0 radical (unpaired) electrons. The van der Waals surface area contributed by atoms with Crippen molar-refractivity contribution in [3.8, 4) is 0 Å². The second kappa shape index (κ2) is 3.20. The molecule has 0 amide bonds. The molecule has 0 aliphatic heterocycles. The maximum Gasteiger partial charge on any atom is 0.0204 e. The van der Waals surface area contributed by atoms with Crippen LogP contribution < -0.4 is 0 Å². The van der Waals surface area contributed by atoms with Crippen molar-refractivity contribution in [3.63, 3.8) is 0 Å². The molecular formula is C11H10S. The lowest BCUT2D eigenvalue weighted by Gasteiger charge is -2.04. The number of thiol groups is 1. The highest BCUT2D eigenvalue weighted by Gasteiger charge is 2.05. The summed E-state index contributed by atoms with van der Waals surface area (Å²) < 4.78 is 0. The maximum absolute atomic E-state index is 4.24. The normalized spacial score (nSPS) is 15.8. The lowest BCUT2D eigenvalue weighted by atomic mass is 10.0. The molecule has 1 aliphatic rings. The van der Waals surface area contributed by atoms with Crippen LogP contribution in [0.25, 0.3) is 0 Å². The minimum absolute atomic E-state index is 0.471. The van der Waals surface area contributed by atoms with E-state index in [4.69, 9.17) is 0 Å². The fourth-order valence-corrected chi connectivity index (χ4v) is 1.50. The summed E-state index contributed by atoms with van der Waals surface area (Å²) in [4.78, 5) is 1.02. The minimum Gasteiger partial charge on any atom is -0.143 e. The third-order valence-electron chi connectivity index (χ3n) is 2.03. The van der Waals surface area contributed by atoms with Gasteiger partial charge in [-0.05, 0) is 17.7 Å². The summed E-state index contributed by atoms with van der Waals surface area (Å²) in [5.74, 6) is 0.471. The van der Waals surface area contributed by atoms with Crippen LogP contribution in [0.3, 0.4) is 0 Å². The molecule has 0 spiro atoms. The van der Waals surface area contributed by atoms with E-state index in [1.165, 1.54) is 5.56 Å². The third kappa shape index (κ3) is 1.46. The van der Waals surface area contributed by atoms with Crippen molar-refractivity contribution >= 4 is 12.6 Å². The molecule has 0 N–H and O–H groups in total. The molecule has 1 heteroatoms. The highest BCUT2D eigenvalue weighted by molar-refractivity contribution is 7.80. The van der Waals surface area contributed by atoms with E-state index in [1.54, 1.807) is 0 Å². The Morgan fingerprint density at radius 3 is 2.08 bits per heavy atom. The van der Waals surface area contributed by atoms with E-state index in [1.807, 2.05) is 12.1 Å². The van der Waals surface area contributed by atoms with Gasteiger partial charge in [0.05, 0.1) is 0 Å². The molecule has 0 aromatic heterocycles. The lowest BCUT2D eigenvalue weighted by molar-refractivity contribution is 1.10. The number of benzene rings is 1. The number of hydrogen-bond donors (Lipinski definition) is 1. The molecule has 0 unspecified atom stereocenters. The average Bonchev–Trinajstić information content (AvgIpc) is 2.58. The first-order valence-electron chi connectivity index (χ1n) is 4.00. The first-order chi connectivity index (χ1) is 5.86. The van der Waals surface area contributed by atoms with Gasteiger partial charge in [0.2, 0.25) is 0 Å². The van der Waals surface area contributed by atoms with Crippen molar-refractivity contribution in [1.82, 2.24) is 0 Å². The number of allylic oxidation sites excluding steroid dienone is 4. The maximum atomic E-state index is 4.24. The predicted molar refractivity (Wildman–Crippen MR) is 54.7 cm³/mol. The summed E-state index contributed by atoms with van der Waals surface area (Å²) >= 11 is 4.24. The van der Waals surface area contributed by atoms with E-state index in [2.05, 4.69) is 49.1 Å². The summed E-state index contributed by atoms with van der Waals surface area (Å²) in [6.45, 7) is 0. The summed E-state index contributed by atoms with van der Waals surface area (Å²) in [7, 11) is 0. The zero-order valence-electron chi connectivity index (χ0n) is 6.64. The molecule has 0 atom stereocenters. The van der Waals surface area contributed by atoms with Gasteiger partial charge in [-0.15, -0.1) is 12.6 Å². The molecule has 0 bridgehead atoms. The molecule has 0 saturated heterocycles. The highest BCUT2D eigenvalue weighted by atomic mass is 32.1. The zero-order valence-corrected chi connectivity index (χ0v) is 7.54. The van der Waals surface area contributed by atoms with Crippen LogP contribution in [0, 0.1) is 0 Å². The first-order valence-corrected chi connectivity index (χ1v) is 4.45. The molecule has 1 aromatic rings. The van der Waals surface area contributed by atoms with Gasteiger partial charge in [-0.2, -0.15) is 0 Å². The molecule has 1 aliphatic carbocycles. The van der Waals surface area contributed by atoms with Gasteiger partial charge in [-0.3, -0.25) is 0 Å². The monoisotopic (exact) mass is 174 g/mol. The van der Waals surface area contributed by atoms with Gasteiger partial charge in [0, 0.05) is 10.8 Å². The van der Waals surface area contributed by atoms with Crippen LogP contribution in [0.5, 0.6) is 0 Å². The number of rotatable bonds is 1. The topological polar surface area (TPSA) is 0 Å². The van der Waals surface area contributed by atoms with E-state index >= 15 is 0 Å². The fourth-order valence-electron chi connectivity index (χ4n) is 1.35. The van der Waals surface area contributed by atoms with Crippen molar-refractivity contribution in [2.45, 2.75) is 10.8 Å². The van der Waals surface area contributed by atoms with Crippen molar-refractivity contribution in [2.75, 3.05) is 0 Å². The Morgan fingerprint density at radius 1 is 0.917 bits per heavy atom. The summed E-state index contributed by atoms with van der Waals surface area (Å²) in [6, 6.07) is 8.29. The Bertz CT molecular complexity index is 307. The molecule has 0 heterocycles. The largest absolute Gasteiger partial charge is 0.143 e. The van der Waals surface area contributed by atoms with Crippen LogP contribution in [0.4, 0.5) is 0 Å². The standard InChI is InChI=1S/C11H10S/c12-11-7-5-10(6-8-11)9-3-1-2-4-9/h1-9,12H. The van der Waals surface area contributed by atoms with Crippen LogP contribution >= 0.6 is 12.6 Å². The SMILES string of the molecule is Sc1ccc(C2C=CC=C2)cc1. The molecular weight excluding hydrogens is 164 g/mol. The predicted octanol–water partition coefficient (Wildman–Crippen LogP) is 3.18. The van der Waals surface area contributed by atoms with Gasteiger partial charge in [0.25, 0.3) is 0 Å². The molecule has 60 valence electrons. The van der Waals surface area contributed by atoms with E-state index in [0.29, 0.717) is 5.92 Å². The van der Waals surface area contributed by atoms with Crippen molar-refractivity contribution in [1.29, 1.82) is 0 Å². The second-order valence-electron chi connectivity index (χ2n) is 2.89. The van der Waals surface area contributed by atoms with Gasteiger partial charge >= 0.3 is 0 Å². The van der Waals surface area contributed by atoms with E-state index in [0.717, 1.165) is 4.90 Å². The molecule has 0 nitrogen and oxygen atoms in total. The smallest absolute Gasteiger partial charge is 0.0204 e. The summed E-state index contributed by atoms with van der Waals surface area (Å²) in [5, 5.41) is 0. The Kier molecular flexibility index (Phi) is 2.05. The molecule has 12 heavy (non-hydrogen) atoms. The fraction of sp³-hybridized carbons (Fsp3) is 0.0909. The van der Waals surface area contributed by atoms with Crippen molar-refractivity contribution in [3.05, 3.63) is 54.1 Å². The van der Waals surface area contributed by atoms with Crippen LogP contribution in [0.2, 0.25) is 0 Å². The summed E-state index contributed by atoms with van der Waals surface area (Å²) in [6.07, 6.45) is 8.54. The molecule has 2 rings (SSSR count). The first kappa shape index (κ1) is 7.69. The van der Waals surface area contributed by atoms with Crippen molar-refractivity contribution in [2.24, 2.45) is 0 Å². The molecule has 0 saturated carbocycles. The Morgan fingerprint density at radius 2 is 1.50 bits per heavy atom. The molecule has 0 fully saturated rings. The van der Waals surface area contributed by atoms with Gasteiger partial charge in [-0.1, -0.05) is 36.4 Å². The van der Waals surface area contributed by atoms with E-state index < -0.39 is 0 Å². The van der Waals surface area contributed by atoms with Gasteiger partial charge in [-0.25, -0.2) is 0 Å². The Hall–Kier alpha value is -0.950. The third-order valence-corrected chi connectivity index (χ3v) is 2.32. The zero-order chi connectivity index (χ0) is 8.39. The van der Waals surface area contributed by atoms with Gasteiger partial charge < -0.3 is 0 Å².